The summed E-state index contributed by atoms with van der Waals surface area (Å²) in [5.41, 5.74) is 1.34. The van der Waals surface area contributed by atoms with Crippen molar-refractivity contribution >= 4 is 12.1 Å². The number of rotatable bonds is 3. The molecule has 0 bridgehead atoms. The van der Waals surface area contributed by atoms with Gasteiger partial charge in [0, 0.05) is 13.0 Å². The minimum absolute atomic E-state index is 0.0960. The Morgan fingerprint density at radius 3 is 3.06 bits per heavy atom. The van der Waals surface area contributed by atoms with E-state index >= 15 is 0 Å². The van der Waals surface area contributed by atoms with Crippen LogP contribution in [0, 0.1) is 0 Å². The number of carbonyl (C=O) groups excluding carboxylic acids is 1. The van der Waals surface area contributed by atoms with Crippen molar-refractivity contribution in [1.82, 2.24) is 14.9 Å². The topological polar surface area (TPSA) is 95.5 Å². The van der Waals surface area contributed by atoms with E-state index in [1.165, 1.54) is 11.0 Å². The van der Waals surface area contributed by atoms with Crippen LogP contribution in [0.3, 0.4) is 0 Å². The van der Waals surface area contributed by atoms with Crippen molar-refractivity contribution in [3.8, 4) is 0 Å². The van der Waals surface area contributed by atoms with Crippen molar-refractivity contribution in [2.24, 2.45) is 0 Å². The van der Waals surface area contributed by atoms with Gasteiger partial charge in [0.1, 0.15) is 6.61 Å². The molecule has 0 spiro atoms. The minimum atomic E-state index is -1.11. The number of hydrogen-bond donors (Lipinski definition) is 2. The molecule has 2 heterocycles. The van der Waals surface area contributed by atoms with Gasteiger partial charge < -0.3 is 19.7 Å². The summed E-state index contributed by atoms with van der Waals surface area (Å²) in [7, 11) is 0. The maximum Gasteiger partial charge on any atom is 0.410 e. The predicted molar refractivity (Wildman–Crippen MR) is 61.2 cm³/mol. The summed E-state index contributed by atoms with van der Waals surface area (Å²) in [4.78, 5) is 30.5. The number of ether oxygens (including phenoxy) is 1. The molecule has 18 heavy (non-hydrogen) atoms. The lowest BCUT2D eigenvalue weighted by molar-refractivity contribution is 0.0684. The molecule has 0 saturated heterocycles. The summed E-state index contributed by atoms with van der Waals surface area (Å²) < 4.78 is 4.92. The molecule has 0 atom stereocenters. The minimum Gasteiger partial charge on any atom is -0.475 e. The van der Waals surface area contributed by atoms with Gasteiger partial charge in [0.15, 0.2) is 0 Å². The molecule has 0 aliphatic carbocycles. The predicted octanol–water partition coefficient (Wildman–Crippen LogP) is 0.789. The van der Waals surface area contributed by atoms with E-state index in [1.54, 1.807) is 0 Å². The van der Waals surface area contributed by atoms with E-state index in [-0.39, 0.29) is 19.0 Å². The first-order chi connectivity index (χ1) is 8.61. The van der Waals surface area contributed by atoms with E-state index < -0.39 is 12.1 Å². The highest BCUT2D eigenvalue weighted by molar-refractivity contribution is 5.83. The van der Waals surface area contributed by atoms with Crippen LogP contribution in [0.5, 0.6) is 0 Å². The van der Waals surface area contributed by atoms with Crippen LogP contribution in [0.1, 0.15) is 22.0 Å². The Balaban J connectivity index is 2.07. The molecule has 0 unspecified atom stereocenters. The Labute approximate surface area is 103 Å². The van der Waals surface area contributed by atoms with E-state index in [2.05, 4.69) is 16.5 Å². The fraction of sp³-hybridized carbons (Fsp3) is 0.364. The van der Waals surface area contributed by atoms with Gasteiger partial charge in [-0.3, -0.25) is 0 Å². The van der Waals surface area contributed by atoms with E-state index in [4.69, 9.17) is 9.84 Å². The third-order valence-corrected chi connectivity index (χ3v) is 2.62. The second kappa shape index (κ2) is 4.91. The standard InChI is InChI=1S/C11H13N3O4/c1-2-5-18-11(17)14-4-3-7-8(6-14)13-9(12-7)10(15)16/h2H,1,3-6H2,(H,12,13)(H,15,16). The molecule has 1 aromatic rings. The number of nitrogens with zero attached hydrogens (tertiary/aromatic N) is 2. The van der Waals surface area contributed by atoms with Crippen molar-refractivity contribution in [2.45, 2.75) is 13.0 Å². The molecule has 1 aliphatic heterocycles. The molecule has 0 saturated carbocycles. The summed E-state index contributed by atoms with van der Waals surface area (Å²) in [6.45, 7) is 4.37. The summed E-state index contributed by atoms with van der Waals surface area (Å²) in [6, 6.07) is 0. The van der Waals surface area contributed by atoms with Crippen molar-refractivity contribution in [3.63, 3.8) is 0 Å². The molecular weight excluding hydrogens is 238 g/mol. The van der Waals surface area contributed by atoms with Crippen LogP contribution < -0.4 is 0 Å². The molecule has 0 aromatic carbocycles. The summed E-state index contributed by atoms with van der Waals surface area (Å²) in [5, 5.41) is 8.82. The smallest absolute Gasteiger partial charge is 0.410 e. The summed E-state index contributed by atoms with van der Waals surface area (Å²) in [5.74, 6) is -1.20. The Kier molecular flexibility index (Phi) is 3.31. The number of aromatic amines is 1. The third kappa shape index (κ3) is 2.34. The second-order valence-corrected chi connectivity index (χ2v) is 3.85. The van der Waals surface area contributed by atoms with Gasteiger partial charge >= 0.3 is 12.1 Å². The van der Waals surface area contributed by atoms with Crippen molar-refractivity contribution in [2.75, 3.05) is 13.2 Å². The van der Waals surface area contributed by atoms with Gasteiger partial charge in [-0.05, 0) is 0 Å². The number of carbonyl (C=O) groups is 2. The van der Waals surface area contributed by atoms with E-state index in [9.17, 15) is 9.59 Å². The third-order valence-electron chi connectivity index (χ3n) is 2.62. The summed E-state index contributed by atoms with van der Waals surface area (Å²) >= 11 is 0. The Bertz CT molecular complexity index is 494. The number of fused-ring (bicyclic) bond motifs is 1. The molecule has 7 heteroatoms. The average Bonchev–Trinajstić information content (AvgIpc) is 2.78. The van der Waals surface area contributed by atoms with Gasteiger partial charge in [-0.1, -0.05) is 12.7 Å². The monoisotopic (exact) mass is 251 g/mol. The number of H-pyrrole nitrogens is 1. The van der Waals surface area contributed by atoms with Crippen LogP contribution in [-0.4, -0.2) is 45.2 Å². The number of carboxylic acid groups (broad SMARTS) is 1. The fourth-order valence-corrected chi connectivity index (χ4v) is 1.77. The highest BCUT2D eigenvalue weighted by Crippen LogP contribution is 2.17. The Hall–Kier alpha value is -2.31. The van der Waals surface area contributed by atoms with Crippen molar-refractivity contribution in [1.29, 1.82) is 0 Å². The highest BCUT2D eigenvalue weighted by Gasteiger charge is 2.25. The number of nitrogens with one attached hydrogen (secondary N) is 1. The number of aromatic nitrogens is 2. The van der Waals surface area contributed by atoms with Crippen molar-refractivity contribution < 1.29 is 19.4 Å². The first kappa shape index (κ1) is 12.2. The molecule has 0 radical (unpaired) electrons. The molecule has 2 N–H and O–H groups in total. The fourth-order valence-electron chi connectivity index (χ4n) is 1.77. The van der Waals surface area contributed by atoms with Crippen LogP contribution >= 0.6 is 0 Å². The number of amides is 1. The largest absolute Gasteiger partial charge is 0.475 e. The quantitative estimate of drug-likeness (QED) is 0.774. The van der Waals surface area contributed by atoms with E-state index in [0.29, 0.717) is 24.4 Å². The molecule has 0 fully saturated rings. The van der Waals surface area contributed by atoms with Gasteiger partial charge in [-0.25, -0.2) is 14.6 Å². The van der Waals surface area contributed by atoms with E-state index in [0.717, 1.165) is 0 Å². The highest BCUT2D eigenvalue weighted by atomic mass is 16.6. The van der Waals surface area contributed by atoms with Crippen LogP contribution in [0.15, 0.2) is 12.7 Å². The van der Waals surface area contributed by atoms with Gasteiger partial charge in [0.25, 0.3) is 0 Å². The van der Waals surface area contributed by atoms with Gasteiger partial charge in [0.05, 0.1) is 17.9 Å². The maximum atomic E-state index is 11.6. The molecule has 1 amide bonds. The number of aromatic carboxylic acids is 1. The number of hydrogen-bond acceptors (Lipinski definition) is 4. The maximum absolute atomic E-state index is 11.6. The lowest BCUT2D eigenvalue weighted by atomic mass is 10.1. The molecule has 1 aromatic heterocycles. The lowest BCUT2D eigenvalue weighted by Gasteiger charge is -2.25. The molecule has 1 aliphatic rings. The molecule has 2 rings (SSSR count). The van der Waals surface area contributed by atoms with Crippen molar-refractivity contribution in [3.05, 3.63) is 29.9 Å². The summed E-state index contributed by atoms with van der Waals surface area (Å²) in [6.07, 6.45) is 1.57. The second-order valence-electron chi connectivity index (χ2n) is 3.85. The van der Waals surface area contributed by atoms with Crippen LogP contribution in [0.25, 0.3) is 0 Å². The van der Waals surface area contributed by atoms with E-state index in [1.807, 2.05) is 0 Å². The molecular formula is C11H13N3O4. The number of carboxylic acids is 1. The Morgan fingerprint density at radius 2 is 2.39 bits per heavy atom. The SMILES string of the molecule is C=CCOC(=O)N1CCc2nc(C(=O)O)[nH]c2C1. The zero-order valence-electron chi connectivity index (χ0n) is 9.68. The Morgan fingerprint density at radius 1 is 1.61 bits per heavy atom. The first-order valence-corrected chi connectivity index (χ1v) is 5.45. The molecule has 7 nitrogen and oxygen atoms in total. The van der Waals surface area contributed by atoms with Crippen LogP contribution in [-0.2, 0) is 17.7 Å². The van der Waals surface area contributed by atoms with Gasteiger partial charge in [-0.2, -0.15) is 0 Å². The van der Waals surface area contributed by atoms with Crippen LogP contribution in [0.4, 0.5) is 4.79 Å². The lowest BCUT2D eigenvalue weighted by Crippen LogP contribution is -2.36. The zero-order valence-corrected chi connectivity index (χ0v) is 9.68. The van der Waals surface area contributed by atoms with Crippen LogP contribution in [0.2, 0.25) is 0 Å². The van der Waals surface area contributed by atoms with Gasteiger partial charge in [-0.15, -0.1) is 0 Å². The zero-order chi connectivity index (χ0) is 13.1. The first-order valence-electron chi connectivity index (χ1n) is 5.45. The normalized spacial score (nSPS) is 13.9. The number of imidazole rings is 1. The molecule has 96 valence electrons. The van der Waals surface area contributed by atoms with Gasteiger partial charge in [0.2, 0.25) is 5.82 Å². The average molecular weight is 251 g/mol.